The molecule has 1 N–H and O–H groups in total. The van der Waals surface area contributed by atoms with Crippen molar-refractivity contribution in [2.75, 3.05) is 13.2 Å². The molecule has 0 aromatic heterocycles. The predicted molar refractivity (Wildman–Crippen MR) is 69.7 cm³/mol. The van der Waals surface area contributed by atoms with E-state index in [1.54, 1.807) is 6.07 Å². The fraction of sp³-hybridized carbons (Fsp3) is 0.538. The molecule has 94 valence electrons. The van der Waals surface area contributed by atoms with Crippen LogP contribution in [0.15, 0.2) is 18.2 Å². The second-order valence-electron chi connectivity index (χ2n) is 4.84. The lowest BCUT2D eigenvalue weighted by Crippen LogP contribution is -2.37. The molecule has 1 aromatic rings. The van der Waals surface area contributed by atoms with Crippen molar-refractivity contribution in [2.45, 2.75) is 25.4 Å². The van der Waals surface area contributed by atoms with Gasteiger partial charge in [-0.2, -0.15) is 0 Å². The van der Waals surface area contributed by atoms with Gasteiger partial charge in [-0.05, 0) is 31.0 Å². The summed E-state index contributed by atoms with van der Waals surface area (Å²) < 4.78 is 5.32. The van der Waals surface area contributed by atoms with Gasteiger partial charge in [-0.1, -0.05) is 29.3 Å². The molecule has 0 radical (unpaired) electrons. The molecule has 1 aromatic carbocycles. The molecule has 1 aliphatic heterocycles. The van der Waals surface area contributed by atoms with Crippen molar-refractivity contribution < 1.29 is 9.84 Å². The maximum absolute atomic E-state index is 10.5. The van der Waals surface area contributed by atoms with Crippen molar-refractivity contribution in [3.05, 3.63) is 33.8 Å². The summed E-state index contributed by atoms with van der Waals surface area (Å²) in [6.07, 6.45) is 1.48. The molecule has 1 heterocycles. The maximum atomic E-state index is 10.5. The Morgan fingerprint density at radius 3 is 2.76 bits per heavy atom. The van der Waals surface area contributed by atoms with Gasteiger partial charge in [-0.25, -0.2) is 0 Å². The van der Waals surface area contributed by atoms with Gasteiger partial charge in [0.2, 0.25) is 0 Å². The Morgan fingerprint density at radius 1 is 1.41 bits per heavy atom. The number of halogens is 2. The third-order valence-corrected chi connectivity index (χ3v) is 4.09. The average molecular weight is 275 g/mol. The van der Waals surface area contributed by atoms with Crippen LogP contribution in [-0.4, -0.2) is 23.9 Å². The monoisotopic (exact) mass is 274 g/mol. The lowest BCUT2D eigenvalue weighted by atomic mass is 9.83. The Hall–Kier alpha value is -0.280. The minimum absolute atomic E-state index is 0.192. The Balaban J connectivity index is 2.10. The zero-order valence-corrected chi connectivity index (χ0v) is 11.3. The second kappa shape index (κ2) is 5.15. The Kier molecular flexibility index (Phi) is 3.99. The van der Waals surface area contributed by atoms with Crippen molar-refractivity contribution in [2.24, 2.45) is 5.92 Å². The fourth-order valence-corrected chi connectivity index (χ4v) is 2.55. The molecule has 0 bridgehead atoms. The van der Waals surface area contributed by atoms with E-state index in [1.807, 2.05) is 19.1 Å². The number of rotatable bonds is 3. The normalized spacial score (nSPS) is 23.6. The van der Waals surface area contributed by atoms with Crippen molar-refractivity contribution in [3.8, 4) is 0 Å². The maximum Gasteiger partial charge on any atom is 0.0710 e. The molecule has 1 fully saturated rings. The van der Waals surface area contributed by atoms with Crippen LogP contribution in [0.25, 0.3) is 0 Å². The first-order chi connectivity index (χ1) is 7.99. The van der Waals surface area contributed by atoms with Crippen LogP contribution in [0.4, 0.5) is 0 Å². The molecule has 4 heteroatoms. The zero-order chi connectivity index (χ0) is 12.5. The van der Waals surface area contributed by atoms with Gasteiger partial charge in [0.05, 0.1) is 22.3 Å². The van der Waals surface area contributed by atoms with E-state index in [0.29, 0.717) is 23.1 Å². The van der Waals surface area contributed by atoms with E-state index in [4.69, 9.17) is 27.9 Å². The highest BCUT2D eigenvalue weighted by Crippen LogP contribution is 2.31. The van der Waals surface area contributed by atoms with Crippen LogP contribution in [0.5, 0.6) is 0 Å². The molecular weight excluding hydrogens is 259 g/mol. The standard InChI is InChI=1S/C13H16Cl2O2/c1-13(16,10-4-5-17-8-10)7-9-2-3-11(14)12(15)6-9/h2-3,6,10,16H,4-5,7-8H2,1H3. The van der Waals surface area contributed by atoms with Crippen LogP contribution in [0.2, 0.25) is 10.0 Å². The summed E-state index contributed by atoms with van der Waals surface area (Å²) in [6.45, 7) is 3.23. The smallest absolute Gasteiger partial charge is 0.0710 e. The molecule has 0 amide bonds. The predicted octanol–water partition coefficient (Wildman–Crippen LogP) is 3.32. The van der Waals surface area contributed by atoms with Crippen LogP contribution in [-0.2, 0) is 11.2 Å². The van der Waals surface area contributed by atoms with Gasteiger partial charge < -0.3 is 9.84 Å². The fourth-order valence-electron chi connectivity index (χ4n) is 2.23. The number of ether oxygens (including phenoxy) is 1. The van der Waals surface area contributed by atoms with Gasteiger partial charge in [0, 0.05) is 18.9 Å². The molecule has 17 heavy (non-hydrogen) atoms. The zero-order valence-electron chi connectivity index (χ0n) is 9.75. The lowest BCUT2D eigenvalue weighted by Gasteiger charge is -2.29. The Labute approximate surface area is 111 Å². The van der Waals surface area contributed by atoms with E-state index < -0.39 is 5.60 Å². The van der Waals surface area contributed by atoms with Crippen molar-refractivity contribution in [3.63, 3.8) is 0 Å². The highest BCUT2D eigenvalue weighted by molar-refractivity contribution is 6.42. The molecule has 2 rings (SSSR count). The number of hydrogen-bond acceptors (Lipinski definition) is 2. The first-order valence-electron chi connectivity index (χ1n) is 5.73. The van der Waals surface area contributed by atoms with E-state index in [9.17, 15) is 5.11 Å². The van der Waals surface area contributed by atoms with E-state index in [0.717, 1.165) is 18.6 Å². The summed E-state index contributed by atoms with van der Waals surface area (Å²) in [5, 5.41) is 11.5. The summed E-state index contributed by atoms with van der Waals surface area (Å²) in [5.41, 5.74) is 0.240. The molecule has 2 nitrogen and oxygen atoms in total. The number of aliphatic hydroxyl groups is 1. The van der Waals surface area contributed by atoms with E-state index in [-0.39, 0.29) is 5.92 Å². The van der Waals surface area contributed by atoms with E-state index in [1.165, 1.54) is 0 Å². The van der Waals surface area contributed by atoms with Crippen molar-refractivity contribution in [1.82, 2.24) is 0 Å². The molecule has 2 atom stereocenters. The quantitative estimate of drug-likeness (QED) is 0.916. The van der Waals surface area contributed by atoms with Crippen LogP contribution in [0, 0.1) is 5.92 Å². The highest BCUT2D eigenvalue weighted by atomic mass is 35.5. The van der Waals surface area contributed by atoms with E-state index in [2.05, 4.69) is 0 Å². The molecule has 0 saturated carbocycles. The minimum atomic E-state index is -0.756. The summed E-state index contributed by atoms with van der Waals surface area (Å²) in [6, 6.07) is 5.48. The number of hydrogen-bond donors (Lipinski definition) is 1. The van der Waals surface area contributed by atoms with E-state index >= 15 is 0 Å². The van der Waals surface area contributed by atoms with Crippen LogP contribution in [0.1, 0.15) is 18.9 Å². The minimum Gasteiger partial charge on any atom is -0.389 e. The van der Waals surface area contributed by atoms with Crippen molar-refractivity contribution >= 4 is 23.2 Å². The second-order valence-corrected chi connectivity index (χ2v) is 5.66. The lowest BCUT2D eigenvalue weighted by molar-refractivity contribution is -0.00453. The summed E-state index contributed by atoms with van der Waals surface area (Å²) in [5.74, 6) is 0.192. The van der Waals surface area contributed by atoms with Crippen molar-refractivity contribution in [1.29, 1.82) is 0 Å². The SMILES string of the molecule is CC(O)(Cc1ccc(Cl)c(Cl)c1)C1CCOC1. The third kappa shape index (κ3) is 3.14. The number of benzene rings is 1. The topological polar surface area (TPSA) is 29.5 Å². The first-order valence-corrected chi connectivity index (χ1v) is 6.49. The Morgan fingerprint density at radius 2 is 2.18 bits per heavy atom. The van der Waals surface area contributed by atoms with Gasteiger partial charge in [-0.3, -0.25) is 0 Å². The summed E-state index contributed by atoms with van der Waals surface area (Å²) in [7, 11) is 0. The highest BCUT2D eigenvalue weighted by Gasteiger charge is 2.34. The van der Waals surface area contributed by atoms with Gasteiger partial charge in [0.15, 0.2) is 0 Å². The van der Waals surface area contributed by atoms with Gasteiger partial charge in [-0.15, -0.1) is 0 Å². The Bertz CT molecular complexity index is 398. The first kappa shape index (κ1) is 13.2. The van der Waals surface area contributed by atoms with Gasteiger partial charge in [0.1, 0.15) is 0 Å². The summed E-state index contributed by atoms with van der Waals surface area (Å²) >= 11 is 11.8. The molecule has 2 unspecified atom stereocenters. The molecular formula is C13H16Cl2O2. The van der Waals surface area contributed by atoms with Gasteiger partial charge in [0.25, 0.3) is 0 Å². The molecule has 0 spiro atoms. The van der Waals surface area contributed by atoms with Crippen LogP contribution in [0.3, 0.4) is 0 Å². The summed E-state index contributed by atoms with van der Waals surface area (Å²) in [4.78, 5) is 0. The van der Waals surface area contributed by atoms with Crippen LogP contribution >= 0.6 is 23.2 Å². The van der Waals surface area contributed by atoms with Crippen LogP contribution < -0.4 is 0 Å². The molecule has 0 aliphatic carbocycles. The third-order valence-electron chi connectivity index (χ3n) is 3.36. The average Bonchev–Trinajstić information content (AvgIpc) is 2.77. The molecule has 1 saturated heterocycles. The van der Waals surface area contributed by atoms with Gasteiger partial charge >= 0.3 is 0 Å². The largest absolute Gasteiger partial charge is 0.389 e. The molecule has 1 aliphatic rings.